The summed E-state index contributed by atoms with van der Waals surface area (Å²) in [6.07, 6.45) is 0.972. The van der Waals surface area contributed by atoms with Crippen LogP contribution in [0, 0.1) is 0 Å². The van der Waals surface area contributed by atoms with Crippen molar-refractivity contribution < 1.29 is 9.47 Å². The monoisotopic (exact) mass is 282 g/mol. The van der Waals surface area contributed by atoms with E-state index in [4.69, 9.17) is 9.47 Å². The number of methoxy groups -OCH3 is 2. The van der Waals surface area contributed by atoms with Crippen molar-refractivity contribution in [3.8, 4) is 22.9 Å². The van der Waals surface area contributed by atoms with Gasteiger partial charge < -0.3 is 14.5 Å². The second-order valence-corrected chi connectivity index (χ2v) is 4.82. The number of fused-ring (bicyclic) bond motifs is 1. The lowest BCUT2D eigenvalue weighted by atomic mass is 10.1. The highest BCUT2D eigenvalue weighted by molar-refractivity contribution is 5.83. The van der Waals surface area contributed by atoms with E-state index in [0.717, 1.165) is 28.8 Å². The van der Waals surface area contributed by atoms with Gasteiger partial charge in [-0.1, -0.05) is 31.2 Å². The first-order valence-corrected chi connectivity index (χ1v) is 6.96. The first-order valence-electron chi connectivity index (χ1n) is 6.96. The number of ether oxygens (including phenoxy) is 2. The average Bonchev–Trinajstić information content (AvgIpc) is 2.95. The summed E-state index contributed by atoms with van der Waals surface area (Å²) in [5, 5.41) is 0. The van der Waals surface area contributed by atoms with E-state index in [9.17, 15) is 0 Å². The highest BCUT2D eigenvalue weighted by Crippen LogP contribution is 2.33. The normalized spacial score (nSPS) is 10.8. The molecule has 4 nitrogen and oxygen atoms in total. The fraction of sp³-hybridized carbons (Fsp3) is 0.235. The lowest BCUT2D eigenvalue weighted by molar-refractivity contribution is 0.356. The van der Waals surface area contributed by atoms with Crippen molar-refractivity contribution in [3.05, 3.63) is 42.0 Å². The first kappa shape index (κ1) is 13.5. The van der Waals surface area contributed by atoms with Crippen LogP contribution in [-0.2, 0) is 6.42 Å². The standard InChI is InChI=1S/C17H18N2O2/c1-4-11-7-5-6-8-12(11)17-18-13-9-15(20-2)16(21-3)10-14(13)19-17/h5-10H,4H2,1-3H3,(H,18,19). The third-order valence-electron chi connectivity index (χ3n) is 3.64. The minimum Gasteiger partial charge on any atom is -0.493 e. The zero-order valence-electron chi connectivity index (χ0n) is 12.4. The van der Waals surface area contributed by atoms with Gasteiger partial charge in [0, 0.05) is 17.7 Å². The number of benzene rings is 2. The molecular weight excluding hydrogens is 264 g/mol. The molecule has 0 radical (unpaired) electrons. The van der Waals surface area contributed by atoms with Gasteiger partial charge >= 0.3 is 0 Å². The number of aromatic amines is 1. The Labute approximate surface area is 123 Å². The molecular formula is C17H18N2O2. The quantitative estimate of drug-likeness (QED) is 0.791. The Hall–Kier alpha value is -2.49. The van der Waals surface area contributed by atoms with Gasteiger partial charge in [0.25, 0.3) is 0 Å². The third-order valence-corrected chi connectivity index (χ3v) is 3.64. The zero-order valence-corrected chi connectivity index (χ0v) is 12.4. The van der Waals surface area contributed by atoms with Crippen LogP contribution >= 0.6 is 0 Å². The molecule has 0 unspecified atom stereocenters. The van der Waals surface area contributed by atoms with Crippen molar-refractivity contribution in [1.82, 2.24) is 9.97 Å². The van der Waals surface area contributed by atoms with Crippen LogP contribution in [0.5, 0.6) is 11.5 Å². The van der Waals surface area contributed by atoms with E-state index < -0.39 is 0 Å². The predicted molar refractivity (Wildman–Crippen MR) is 84.0 cm³/mol. The number of aryl methyl sites for hydroxylation is 1. The largest absolute Gasteiger partial charge is 0.493 e. The number of nitrogens with one attached hydrogen (secondary N) is 1. The number of imidazole rings is 1. The summed E-state index contributed by atoms with van der Waals surface area (Å²) in [7, 11) is 3.26. The Morgan fingerprint density at radius 1 is 1.05 bits per heavy atom. The van der Waals surface area contributed by atoms with Gasteiger partial charge in [0.2, 0.25) is 0 Å². The molecule has 0 aliphatic heterocycles. The van der Waals surface area contributed by atoms with Crippen molar-refractivity contribution in [2.24, 2.45) is 0 Å². The number of aromatic nitrogens is 2. The molecule has 0 saturated carbocycles. The fourth-order valence-electron chi connectivity index (χ4n) is 2.52. The van der Waals surface area contributed by atoms with Gasteiger partial charge in [-0.15, -0.1) is 0 Å². The Morgan fingerprint density at radius 2 is 1.76 bits per heavy atom. The molecule has 4 heteroatoms. The molecule has 0 saturated heterocycles. The summed E-state index contributed by atoms with van der Waals surface area (Å²) < 4.78 is 10.7. The van der Waals surface area contributed by atoms with Gasteiger partial charge in [-0.2, -0.15) is 0 Å². The molecule has 108 valence electrons. The highest BCUT2D eigenvalue weighted by atomic mass is 16.5. The van der Waals surface area contributed by atoms with Gasteiger partial charge in [-0.25, -0.2) is 4.98 Å². The maximum absolute atomic E-state index is 5.33. The molecule has 0 amide bonds. The molecule has 3 aromatic rings. The van der Waals surface area contributed by atoms with Crippen LogP contribution in [0.1, 0.15) is 12.5 Å². The second-order valence-electron chi connectivity index (χ2n) is 4.82. The molecule has 0 atom stereocenters. The van der Waals surface area contributed by atoms with Gasteiger partial charge in [0.1, 0.15) is 5.82 Å². The number of rotatable bonds is 4. The van der Waals surface area contributed by atoms with Crippen LogP contribution < -0.4 is 9.47 Å². The summed E-state index contributed by atoms with van der Waals surface area (Å²) in [4.78, 5) is 8.05. The topological polar surface area (TPSA) is 47.1 Å². The van der Waals surface area contributed by atoms with Crippen molar-refractivity contribution in [3.63, 3.8) is 0 Å². The zero-order chi connectivity index (χ0) is 14.8. The van der Waals surface area contributed by atoms with Crippen LogP contribution in [0.4, 0.5) is 0 Å². The van der Waals surface area contributed by atoms with Crippen molar-refractivity contribution in [1.29, 1.82) is 0 Å². The lowest BCUT2D eigenvalue weighted by Gasteiger charge is -2.06. The average molecular weight is 282 g/mol. The highest BCUT2D eigenvalue weighted by Gasteiger charge is 2.12. The van der Waals surface area contributed by atoms with Gasteiger partial charge in [0.15, 0.2) is 11.5 Å². The molecule has 1 aromatic heterocycles. The Morgan fingerprint density at radius 3 is 2.48 bits per heavy atom. The van der Waals surface area contributed by atoms with Crippen LogP contribution in [0.15, 0.2) is 36.4 Å². The van der Waals surface area contributed by atoms with Gasteiger partial charge in [-0.05, 0) is 12.0 Å². The fourth-order valence-corrected chi connectivity index (χ4v) is 2.52. The number of hydrogen-bond donors (Lipinski definition) is 1. The number of hydrogen-bond acceptors (Lipinski definition) is 3. The van der Waals surface area contributed by atoms with E-state index in [1.165, 1.54) is 5.56 Å². The molecule has 2 aromatic carbocycles. The Kier molecular flexibility index (Phi) is 3.52. The molecule has 0 aliphatic rings. The molecule has 3 rings (SSSR count). The number of H-pyrrole nitrogens is 1. The second kappa shape index (κ2) is 5.48. The van der Waals surface area contributed by atoms with E-state index in [2.05, 4.69) is 35.1 Å². The minimum absolute atomic E-state index is 0.687. The molecule has 1 N–H and O–H groups in total. The SMILES string of the molecule is CCc1ccccc1-c1nc2cc(OC)c(OC)cc2[nH]1. The summed E-state index contributed by atoms with van der Waals surface area (Å²) in [5.74, 6) is 2.26. The predicted octanol–water partition coefficient (Wildman–Crippen LogP) is 3.81. The van der Waals surface area contributed by atoms with E-state index in [1.54, 1.807) is 14.2 Å². The van der Waals surface area contributed by atoms with Crippen LogP contribution in [0.2, 0.25) is 0 Å². The number of nitrogens with zero attached hydrogens (tertiary/aromatic N) is 1. The molecule has 0 bridgehead atoms. The van der Waals surface area contributed by atoms with Gasteiger partial charge in [0.05, 0.1) is 25.3 Å². The van der Waals surface area contributed by atoms with Gasteiger partial charge in [-0.3, -0.25) is 0 Å². The van der Waals surface area contributed by atoms with Crippen molar-refractivity contribution >= 4 is 11.0 Å². The maximum atomic E-state index is 5.33. The van der Waals surface area contributed by atoms with Crippen LogP contribution in [0.3, 0.4) is 0 Å². The van der Waals surface area contributed by atoms with E-state index in [1.807, 2.05) is 18.2 Å². The van der Waals surface area contributed by atoms with Crippen LogP contribution in [0.25, 0.3) is 22.4 Å². The third kappa shape index (κ3) is 2.33. The van der Waals surface area contributed by atoms with Crippen molar-refractivity contribution in [2.75, 3.05) is 14.2 Å². The molecule has 1 heterocycles. The molecule has 0 fully saturated rings. The van der Waals surface area contributed by atoms with E-state index in [-0.39, 0.29) is 0 Å². The smallest absolute Gasteiger partial charge is 0.163 e. The van der Waals surface area contributed by atoms with Crippen LogP contribution in [-0.4, -0.2) is 24.2 Å². The maximum Gasteiger partial charge on any atom is 0.163 e. The summed E-state index contributed by atoms with van der Waals surface area (Å²) >= 11 is 0. The molecule has 0 aliphatic carbocycles. The first-order chi connectivity index (χ1) is 10.3. The molecule has 21 heavy (non-hydrogen) atoms. The van der Waals surface area contributed by atoms with Crippen molar-refractivity contribution in [2.45, 2.75) is 13.3 Å². The Bertz CT molecular complexity index is 737. The Balaban J connectivity index is 2.17. The van der Waals surface area contributed by atoms with E-state index in [0.29, 0.717) is 11.5 Å². The summed E-state index contributed by atoms with van der Waals surface area (Å²) in [6.45, 7) is 2.15. The lowest BCUT2D eigenvalue weighted by Crippen LogP contribution is -1.89. The van der Waals surface area contributed by atoms with E-state index >= 15 is 0 Å². The molecule has 0 spiro atoms. The minimum atomic E-state index is 0.687. The summed E-state index contributed by atoms with van der Waals surface area (Å²) in [5.41, 5.74) is 4.21. The summed E-state index contributed by atoms with van der Waals surface area (Å²) in [6, 6.07) is 12.1.